The standard InChI is InChI=1S/C23H36N8O5.ClH/c1-3-14(2)19(24)22(34)30-13-5-7-18(30)21(33)29-17(6-4-12-27-23(25)26)20(32)28-15-8-10-16(11-9-15)31(35)36;/h8-11,14,17-19H,3-7,12-13,24H2,1-2H3,(H,28,32)(H,29,33)(H4,25,26,27);1H/t14-,17+,18+,19-;/m1./s1. The molecule has 1 saturated heterocycles. The first-order valence-electron chi connectivity index (χ1n) is 12.0. The molecule has 1 fully saturated rings. The Morgan fingerprint density at radius 1 is 1.24 bits per heavy atom. The number of aliphatic imine (C=N–C) groups is 1. The third-order valence-corrected chi connectivity index (χ3v) is 6.30. The molecule has 0 unspecified atom stereocenters. The van der Waals surface area contributed by atoms with Crippen molar-refractivity contribution in [1.29, 1.82) is 0 Å². The summed E-state index contributed by atoms with van der Waals surface area (Å²) in [6.45, 7) is 4.52. The lowest BCUT2D eigenvalue weighted by molar-refractivity contribution is -0.384. The van der Waals surface area contributed by atoms with Crippen LogP contribution in [0.3, 0.4) is 0 Å². The molecule has 4 atom stereocenters. The van der Waals surface area contributed by atoms with Crippen LogP contribution in [0.5, 0.6) is 0 Å². The molecule has 1 aromatic carbocycles. The van der Waals surface area contributed by atoms with Crippen molar-refractivity contribution in [3.63, 3.8) is 0 Å². The SMILES string of the molecule is CC[C@@H](C)[C@@H](N)C(=O)N1CCC[C@H]1C(=O)N[C@@H](CCCN=C(N)N)C(=O)Nc1ccc([N+](=O)[O-])cc1.Cl. The Morgan fingerprint density at radius 2 is 1.89 bits per heavy atom. The molecule has 0 aromatic heterocycles. The molecule has 1 aliphatic rings. The number of nitro groups is 1. The quantitative estimate of drug-likeness (QED) is 0.0840. The Balaban J connectivity index is 0.00000684. The largest absolute Gasteiger partial charge is 0.370 e. The number of nitrogens with two attached hydrogens (primary N) is 3. The maximum atomic E-state index is 13.2. The Bertz CT molecular complexity index is 970. The Kier molecular flexibility index (Phi) is 12.8. The number of anilines is 1. The van der Waals surface area contributed by atoms with E-state index in [1.165, 1.54) is 29.2 Å². The van der Waals surface area contributed by atoms with E-state index in [-0.39, 0.29) is 48.8 Å². The van der Waals surface area contributed by atoms with Crippen molar-refractivity contribution in [2.75, 3.05) is 18.4 Å². The van der Waals surface area contributed by atoms with Gasteiger partial charge in [0.15, 0.2) is 5.96 Å². The molecule has 37 heavy (non-hydrogen) atoms. The van der Waals surface area contributed by atoms with Gasteiger partial charge >= 0.3 is 0 Å². The number of non-ortho nitro benzene ring substituents is 1. The van der Waals surface area contributed by atoms with E-state index in [4.69, 9.17) is 17.2 Å². The summed E-state index contributed by atoms with van der Waals surface area (Å²) in [6.07, 6.45) is 2.49. The lowest BCUT2D eigenvalue weighted by Crippen LogP contribution is -2.55. The molecule has 0 radical (unpaired) electrons. The molecular weight excluding hydrogens is 504 g/mol. The van der Waals surface area contributed by atoms with E-state index < -0.39 is 34.9 Å². The zero-order valence-corrected chi connectivity index (χ0v) is 21.9. The smallest absolute Gasteiger partial charge is 0.269 e. The van der Waals surface area contributed by atoms with Crippen molar-refractivity contribution in [3.8, 4) is 0 Å². The first kappa shape index (κ1) is 31.6. The fourth-order valence-electron chi connectivity index (χ4n) is 3.93. The van der Waals surface area contributed by atoms with Crippen LogP contribution in [-0.2, 0) is 14.4 Å². The molecule has 0 spiro atoms. The van der Waals surface area contributed by atoms with Crippen LogP contribution >= 0.6 is 12.4 Å². The summed E-state index contributed by atoms with van der Waals surface area (Å²) in [5, 5.41) is 16.3. The first-order valence-corrected chi connectivity index (χ1v) is 12.0. The van der Waals surface area contributed by atoms with Crippen molar-refractivity contribution < 1.29 is 19.3 Å². The van der Waals surface area contributed by atoms with Gasteiger partial charge in [-0.2, -0.15) is 0 Å². The predicted octanol–water partition coefficient (Wildman–Crippen LogP) is 0.858. The van der Waals surface area contributed by atoms with Crippen LogP contribution in [0.4, 0.5) is 11.4 Å². The normalized spacial score (nSPS) is 17.1. The van der Waals surface area contributed by atoms with Crippen LogP contribution < -0.4 is 27.8 Å². The molecule has 14 heteroatoms. The maximum absolute atomic E-state index is 13.2. The van der Waals surface area contributed by atoms with Crippen molar-refractivity contribution in [2.24, 2.45) is 28.1 Å². The second-order valence-corrected chi connectivity index (χ2v) is 8.90. The molecule has 1 heterocycles. The summed E-state index contributed by atoms with van der Waals surface area (Å²) in [7, 11) is 0. The van der Waals surface area contributed by atoms with Gasteiger partial charge in [0.05, 0.1) is 11.0 Å². The lowest BCUT2D eigenvalue weighted by Gasteiger charge is -2.30. The van der Waals surface area contributed by atoms with Crippen LogP contribution in [0, 0.1) is 16.0 Å². The van der Waals surface area contributed by atoms with Gasteiger partial charge < -0.3 is 32.7 Å². The number of carbonyl (C=O) groups is 3. The van der Waals surface area contributed by atoms with Gasteiger partial charge in [-0.25, -0.2) is 0 Å². The number of guanidine groups is 1. The summed E-state index contributed by atoms with van der Waals surface area (Å²) >= 11 is 0. The van der Waals surface area contributed by atoms with Gasteiger partial charge in [-0.1, -0.05) is 20.3 Å². The van der Waals surface area contributed by atoms with Crippen LogP contribution in [0.15, 0.2) is 29.3 Å². The summed E-state index contributed by atoms with van der Waals surface area (Å²) in [4.78, 5) is 54.8. The zero-order valence-electron chi connectivity index (χ0n) is 21.1. The minimum atomic E-state index is -0.942. The number of likely N-dealkylation sites (tertiary alicyclic amines) is 1. The summed E-state index contributed by atoms with van der Waals surface area (Å²) < 4.78 is 0. The van der Waals surface area contributed by atoms with Crippen LogP contribution in [-0.4, -0.2) is 64.7 Å². The topological polar surface area (TPSA) is 212 Å². The van der Waals surface area contributed by atoms with Crippen LogP contribution in [0.1, 0.15) is 46.0 Å². The molecular formula is C23H37ClN8O5. The molecule has 0 bridgehead atoms. The minimum absolute atomic E-state index is 0. The number of amides is 3. The Hall–Kier alpha value is -3.45. The fraction of sp³-hybridized carbons (Fsp3) is 0.565. The molecule has 2 rings (SSSR count). The highest BCUT2D eigenvalue weighted by Crippen LogP contribution is 2.21. The summed E-state index contributed by atoms with van der Waals surface area (Å²) in [5.74, 6) is -1.33. The summed E-state index contributed by atoms with van der Waals surface area (Å²) in [5.41, 5.74) is 17.0. The van der Waals surface area contributed by atoms with E-state index in [1.807, 2.05) is 13.8 Å². The fourth-order valence-corrected chi connectivity index (χ4v) is 3.93. The van der Waals surface area contributed by atoms with E-state index >= 15 is 0 Å². The van der Waals surface area contributed by atoms with Gasteiger partial charge in [0.2, 0.25) is 17.7 Å². The van der Waals surface area contributed by atoms with Crippen molar-refractivity contribution in [1.82, 2.24) is 10.2 Å². The van der Waals surface area contributed by atoms with E-state index in [1.54, 1.807) is 0 Å². The highest BCUT2D eigenvalue weighted by molar-refractivity contribution is 5.98. The predicted molar refractivity (Wildman–Crippen MR) is 143 cm³/mol. The Labute approximate surface area is 222 Å². The van der Waals surface area contributed by atoms with Gasteiger partial charge in [-0.15, -0.1) is 12.4 Å². The number of hydrogen-bond donors (Lipinski definition) is 5. The molecule has 0 aliphatic carbocycles. The van der Waals surface area contributed by atoms with Crippen LogP contribution in [0.25, 0.3) is 0 Å². The number of nitrogens with one attached hydrogen (secondary N) is 2. The highest BCUT2D eigenvalue weighted by Gasteiger charge is 2.38. The number of nitro benzene ring substituents is 1. The second-order valence-electron chi connectivity index (χ2n) is 8.90. The molecule has 8 N–H and O–H groups in total. The number of carbonyl (C=O) groups excluding carboxylic acids is 3. The van der Waals surface area contributed by atoms with Gasteiger partial charge in [-0.3, -0.25) is 29.5 Å². The number of hydrogen-bond acceptors (Lipinski definition) is 7. The van der Waals surface area contributed by atoms with Gasteiger partial charge in [-0.05, 0) is 43.7 Å². The molecule has 3 amide bonds. The van der Waals surface area contributed by atoms with E-state index in [2.05, 4.69) is 15.6 Å². The highest BCUT2D eigenvalue weighted by atomic mass is 35.5. The van der Waals surface area contributed by atoms with Crippen molar-refractivity contribution >= 4 is 47.5 Å². The number of nitrogens with zero attached hydrogens (tertiary/aromatic N) is 3. The molecule has 13 nitrogen and oxygen atoms in total. The third kappa shape index (κ3) is 9.17. The second kappa shape index (κ2) is 15.0. The minimum Gasteiger partial charge on any atom is -0.370 e. The Morgan fingerprint density at radius 3 is 2.46 bits per heavy atom. The van der Waals surface area contributed by atoms with Gasteiger partial charge in [0, 0.05) is 30.9 Å². The lowest BCUT2D eigenvalue weighted by atomic mass is 9.98. The van der Waals surface area contributed by atoms with Crippen LogP contribution in [0.2, 0.25) is 0 Å². The molecule has 0 saturated carbocycles. The monoisotopic (exact) mass is 540 g/mol. The van der Waals surface area contributed by atoms with Gasteiger partial charge in [0.25, 0.3) is 5.69 Å². The van der Waals surface area contributed by atoms with E-state index in [0.717, 1.165) is 6.42 Å². The number of benzene rings is 1. The first-order chi connectivity index (χ1) is 17.0. The molecule has 206 valence electrons. The zero-order chi connectivity index (χ0) is 26.8. The van der Waals surface area contributed by atoms with E-state index in [9.17, 15) is 24.5 Å². The van der Waals surface area contributed by atoms with E-state index in [0.29, 0.717) is 31.5 Å². The molecule has 1 aromatic rings. The third-order valence-electron chi connectivity index (χ3n) is 6.30. The van der Waals surface area contributed by atoms with Crippen molar-refractivity contribution in [3.05, 3.63) is 34.4 Å². The summed E-state index contributed by atoms with van der Waals surface area (Å²) in [6, 6.07) is 2.98. The average molecular weight is 541 g/mol. The number of halogens is 1. The van der Waals surface area contributed by atoms with Crippen molar-refractivity contribution in [2.45, 2.75) is 64.1 Å². The average Bonchev–Trinajstić information content (AvgIpc) is 3.34. The van der Waals surface area contributed by atoms with Gasteiger partial charge in [0.1, 0.15) is 12.1 Å². The molecule has 1 aliphatic heterocycles. The number of rotatable bonds is 12. The maximum Gasteiger partial charge on any atom is 0.269 e.